The summed E-state index contributed by atoms with van der Waals surface area (Å²) in [6.07, 6.45) is 3.68. The van der Waals surface area contributed by atoms with Gasteiger partial charge in [0.25, 0.3) is 0 Å². The maximum atomic E-state index is 12.9. The van der Waals surface area contributed by atoms with Crippen molar-refractivity contribution in [3.8, 4) is 5.75 Å². The lowest BCUT2D eigenvalue weighted by molar-refractivity contribution is -0.138. The first-order valence-corrected chi connectivity index (χ1v) is 8.38. The van der Waals surface area contributed by atoms with Gasteiger partial charge in [0.05, 0.1) is 12.0 Å². The molecule has 0 saturated carbocycles. The first-order valence-electron chi connectivity index (χ1n) is 8.38. The standard InChI is InChI=1S/C19H22N2O3/c1-3-13(4-2)19(23)21-16(18-10-7-11-24-18)12-15(20-21)14-8-5-6-9-17(14)22/h5-11,13,16,22H,3-4,12H2,1-2H3/t16-/m1/s1. The number of phenolic OH excluding ortho intramolecular Hbond substituents is 1. The van der Waals surface area contributed by atoms with Gasteiger partial charge in [0.1, 0.15) is 17.6 Å². The first-order chi connectivity index (χ1) is 11.7. The highest BCUT2D eigenvalue weighted by molar-refractivity contribution is 6.05. The van der Waals surface area contributed by atoms with Crippen molar-refractivity contribution < 1.29 is 14.3 Å². The van der Waals surface area contributed by atoms with Gasteiger partial charge in [-0.25, -0.2) is 5.01 Å². The summed E-state index contributed by atoms with van der Waals surface area (Å²) in [5.74, 6) is 0.830. The van der Waals surface area contributed by atoms with Crippen molar-refractivity contribution in [1.29, 1.82) is 0 Å². The van der Waals surface area contributed by atoms with Crippen molar-refractivity contribution in [2.45, 2.75) is 39.2 Å². The molecule has 0 unspecified atom stereocenters. The molecule has 1 atom stereocenters. The average Bonchev–Trinajstić information content (AvgIpc) is 3.25. The molecule has 0 radical (unpaired) electrons. The zero-order chi connectivity index (χ0) is 17.1. The van der Waals surface area contributed by atoms with E-state index in [9.17, 15) is 9.90 Å². The van der Waals surface area contributed by atoms with Crippen LogP contribution in [0.5, 0.6) is 5.75 Å². The quantitative estimate of drug-likeness (QED) is 0.899. The van der Waals surface area contributed by atoms with E-state index in [0.29, 0.717) is 23.5 Å². The zero-order valence-corrected chi connectivity index (χ0v) is 14.0. The van der Waals surface area contributed by atoms with Crippen molar-refractivity contribution in [3.05, 3.63) is 54.0 Å². The molecule has 2 heterocycles. The second kappa shape index (κ2) is 6.91. The summed E-state index contributed by atoms with van der Waals surface area (Å²) in [6.45, 7) is 4.02. The second-order valence-corrected chi connectivity index (χ2v) is 6.00. The Balaban J connectivity index is 1.97. The lowest BCUT2D eigenvalue weighted by Crippen LogP contribution is -2.32. The number of furan rings is 1. The number of phenols is 1. The average molecular weight is 326 g/mol. The number of para-hydroxylation sites is 1. The van der Waals surface area contributed by atoms with Crippen LogP contribution >= 0.6 is 0 Å². The number of carbonyl (C=O) groups excluding carboxylic acids is 1. The molecular weight excluding hydrogens is 304 g/mol. The van der Waals surface area contributed by atoms with E-state index in [0.717, 1.165) is 12.8 Å². The van der Waals surface area contributed by atoms with E-state index in [1.807, 2.05) is 38.1 Å². The number of benzene rings is 1. The Morgan fingerprint density at radius 3 is 2.67 bits per heavy atom. The summed E-state index contributed by atoms with van der Waals surface area (Å²) in [6, 6.07) is 10.5. The Morgan fingerprint density at radius 2 is 2.04 bits per heavy atom. The molecule has 1 aliphatic rings. The minimum Gasteiger partial charge on any atom is -0.507 e. The molecule has 1 N–H and O–H groups in total. The SMILES string of the molecule is CCC(CC)C(=O)N1N=C(c2ccccc2O)C[C@@H]1c1ccco1. The minimum atomic E-state index is -0.261. The van der Waals surface area contributed by atoms with E-state index >= 15 is 0 Å². The number of rotatable bonds is 5. The topological polar surface area (TPSA) is 66.0 Å². The fourth-order valence-corrected chi connectivity index (χ4v) is 3.12. The van der Waals surface area contributed by atoms with Crippen molar-refractivity contribution in [2.24, 2.45) is 11.0 Å². The predicted octanol–water partition coefficient (Wildman–Crippen LogP) is 4.10. The van der Waals surface area contributed by atoms with Gasteiger partial charge in [-0.15, -0.1) is 0 Å². The predicted molar refractivity (Wildman–Crippen MR) is 91.6 cm³/mol. The number of hydrogen-bond acceptors (Lipinski definition) is 4. The summed E-state index contributed by atoms with van der Waals surface area (Å²) >= 11 is 0. The number of nitrogens with zero attached hydrogens (tertiary/aromatic N) is 2. The number of amides is 1. The number of hydrogen-bond donors (Lipinski definition) is 1. The van der Waals surface area contributed by atoms with Crippen molar-refractivity contribution in [3.63, 3.8) is 0 Å². The summed E-state index contributed by atoms with van der Waals surface area (Å²) in [5, 5.41) is 16.2. The smallest absolute Gasteiger partial charge is 0.246 e. The molecule has 1 aliphatic heterocycles. The fourth-order valence-electron chi connectivity index (χ4n) is 3.12. The molecule has 1 aromatic heterocycles. The van der Waals surface area contributed by atoms with Crippen molar-refractivity contribution in [2.75, 3.05) is 0 Å². The van der Waals surface area contributed by atoms with Crippen LogP contribution in [-0.4, -0.2) is 21.7 Å². The van der Waals surface area contributed by atoms with E-state index in [1.54, 1.807) is 18.4 Å². The third-order valence-corrected chi connectivity index (χ3v) is 4.56. The summed E-state index contributed by atoms with van der Waals surface area (Å²) in [7, 11) is 0. The third-order valence-electron chi connectivity index (χ3n) is 4.56. The molecule has 5 nitrogen and oxygen atoms in total. The molecule has 2 aromatic rings. The van der Waals surface area contributed by atoms with Crippen LogP contribution in [0.2, 0.25) is 0 Å². The van der Waals surface area contributed by atoms with Gasteiger partial charge in [-0.1, -0.05) is 26.0 Å². The van der Waals surface area contributed by atoms with E-state index in [-0.39, 0.29) is 23.6 Å². The monoisotopic (exact) mass is 326 g/mol. The maximum absolute atomic E-state index is 12.9. The molecule has 126 valence electrons. The fraction of sp³-hybridized carbons (Fsp3) is 0.368. The first kappa shape index (κ1) is 16.3. The van der Waals surface area contributed by atoms with E-state index in [2.05, 4.69) is 5.10 Å². The van der Waals surface area contributed by atoms with E-state index < -0.39 is 0 Å². The summed E-state index contributed by atoms with van der Waals surface area (Å²) in [5.41, 5.74) is 1.36. The van der Waals surface area contributed by atoms with Gasteiger partial charge >= 0.3 is 0 Å². The van der Waals surface area contributed by atoms with E-state index in [4.69, 9.17) is 4.42 Å². The number of carbonyl (C=O) groups is 1. The summed E-state index contributed by atoms with van der Waals surface area (Å²) < 4.78 is 5.53. The molecule has 0 bridgehead atoms. The highest BCUT2D eigenvalue weighted by Crippen LogP contribution is 2.36. The Kier molecular flexibility index (Phi) is 4.69. The van der Waals surface area contributed by atoms with Crippen LogP contribution in [0.3, 0.4) is 0 Å². The molecule has 0 spiro atoms. The zero-order valence-electron chi connectivity index (χ0n) is 14.0. The van der Waals surface area contributed by atoms with Crippen LogP contribution in [0.25, 0.3) is 0 Å². The minimum absolute atomic E-state index is 0.00632. The second-order valence-electron chi connectivity index (χ2n) is 6.00. The van der Waals surface area contributed by atoms with Gasteiger partial charge in [0.2, 0.25) is 5.91 Å². The largest absolute Gasteiger partial charge is 0.507 e. The van der Waals surface area contributed by atoms with Crippen molar-refractivity contribution >= 4 is 11.6 Å². The third kappa shape index (κ3) is 2.94. The highest BCUT2D eigenvalue weighted by Gasteiger charge is 2.37. The van der Waals surface area contributed by atoms with Gasteiger partial charge in [0.15, 0.2) is 0 Å². The van der Waals surface area contributed by atoms with Crippen LogP contribution in [-0.2, 0) is 4.79 Å². The molecular formula is C19H22N2O3. The summed E-state index contributed by atoms with van der Waals surface area (Å²) in [4.78, 5) is 12.9. The van der Waals surface area contributed by atoms with Gasteiger partial charge in [-0.2, -0.15) is 5.10 Å². The van der Waals surface area contributed by atoms with Crippen LogP contribution in [0.15, 0.2) is 52.2 Å². The lowest BCUT2D eigenvalue weighted by atomic mass is 9.99. The Bertz CT molecular complexity index is 733. The Hall–Kier alpha value is -2.56. The lowest BCUT2D eigenvalue weighted by Gasteiger charge is -2.23. The highest BCUT2D eigenvalue weighted by atomic mass is 16.3. The molecule has 1 aromatic carbocycles. The molecule has 1 amide bonds. The van der Waals surface area contributed by atoms with Crippen molar-refractivity contribution in [1.82, 2.24) is 5.01 Å². The normalized spacial score (nSPS) is 17.4. The molecule has 0 saturated heterocycles. The van der Waals surface area contributed by atoms with Crippen LogP contribution < -0.4 is 0 Å². The van der Waals surface area contributed by atoms with Crippen LogP contribution in [0.4, 0.5) is 0 Å². The number of hydrazone groups is 1. The molecule has 24 heavy (non-hydrogen) atoms. The molecule has 5 heteroatoms. The van der Waals surface area contributed by atoms with Gasteiger partial charge in [-0.05, 0) is 37.1 Å². The number of aromatic hydroxyl groups is 1. The van der Waals surface area contributed by atoms with Gasteiger partial charge < -0.3 is 9.52 Å². The molecule has 0 fully saturated rings. The molecule has 0 aliphatic carbocycles. The Labute approximate surface area is 141 Å². The Morgan fingerprint density at radius 1 is 1.29 bits per heavy atom. The maximum Gasteiger partial charge on any atom is 0.246 e. The van der Waals surface area contributed by atoms with Crippen LogP contribution in [0.1, 0.15) is 50.5 Å². The van der Waals surface area contributed by atoms with E-state index in [1.165, 1.54) is 5.01 Å². The van der Waals surface area contributed by atoms with Crippen LogP contribution in [0, 0.1) is 5.92 Å². The van der Waals surface area contributed by atoms with Gasteiger partial charge in [0, 0.05) is 17.9 Å². The van der Waals surface area contributed by atoms with Gasteiger partial charge in [-0.3, -0.25) is 4.79 Å². The molecule has 3 rings (SSSR count).